The Labute approximate surface area is 173 Å². The maximum atomic E-state index is 15.5. The van der Waals surface area contributed by atoms with Crippen LogP contribution in [0.2, 0.25) is 5.02 Å². The van der Waals surface area contributed by atoms with Crippen molar-refractivity contribution in [2.75, 3.05) is 13.7 Å². The lowest BCUT2D eigenvalue weighted by atomic mass is 9.86. The maximum absolute atomic E-state index is 15.5. The Bertz CT molecular complexity index is 1120. The number of methoxy groups -OCH3 is 1. The van der Waals surface area contributed by atoms with E-state index in [0.717, 1.165) is 20.1 Å². The Kier molecular flexibility index (Phi) is 4.96. The summed E-state index contributed by atoms with van der Waals surface area (Å²) in [6, 6.07) is 7.15. The first kappa shape index (κ1) is 19.7. The van der Waals surface area contributed by atoms with Crippen molar-refractivity contribution in [2.24, 2.45) is 5.73 Å². The van der Waals surface area contributed by atoms with E-state index in [1.165, 1.54) is 13.3 Å². The summed E-state index contributed by atoms with van der Waals surface area (Å²) in [6.07, 6.45) is 8.72. The monoisotopic (exact) mass is 415 g/mol. The van der Waals surface area contributed by atoms with Crippen molar-refractivity contribution in [3.05, 3.63) is 69.7 Å². The minimum Gasteiger partial charge on any atom is -0.495 e. The van der Waals surface area contributed by atoms with Crippen molar-refractivity contribution < 1.29 is 17.9 Å². The van der Waals surface area contributed by atoms with Gasteiger partial charge < -0.3 is 28.1 Å². The van der Waals surface area contributed by atoms with Crippen LogP contribution in [-0.2, 0) is 0 Å². The molecule has 1 aromatic carbocycles. The average Bonchev–Trinajstić information content (AvgIpc) is 3.31. The molecule has 3 heterocycles. The van der Waals surface area contributed by atoms with Gasteiger partial charge in [-0.25, -0.2) is 0 Å². The fraction of sp³-hybridized carbons (Fsp3) is 0.190. The molecule has 0 aliphatic carbocycles. The van der Waals surface area contributed by atoms with Gasteiger partial charge in [0.05, 0.1) is 12.1 Å². The molecule has 2 aliphatic heterocycles. The second-order valence-corrected chi connectivity index (χ2v) is 7.45. The van der Waals surface area contributed by atoms with Gasteiger partial charge in [-0.3, -0.25) is 0 Å². The highest BCUT2D eigenvalue weighted by Crippen LogP contribution is 2.40. The number of aromatic nitrogens is 1. The van der Waals surface area contributed by atoms with Gasteiger partial charge in [-0.15, -0.1) is 0 Å². The SMILES string of the molecule is COc1cccc(C=Cc2cc(C)c3n2[B-](F)(F)[N+]2=CC=CC2=C3CCN)c1Cl. The summed E-state index contributed by atoms with van der Waals surface area (Å²) < 4.78 is 38.4. The van der Waals surface area contributed by atoms with Crippen LogP contribution in [0.15, 0.2) is 42.1 Å². The molecule has 0 fully saturated rings. The van der Waals surface area contributed by atoms with Crippen molar-refractivity contribution in [3.8, 4) is 5.75 Å². The van der Waals surface area contributed by atoms with Crippen molar-refractivity contribution in [2.45, 2.75) is 13.3 Å². The summed E-state index contributed by atoms with van der Waals surface area (Å²) in [5.74, 6) is 0.535. The van der Waals surface area contributed by atoms with Crippen molar-refractivity contribution in [1.29, 1.82) is 0 Å². The molecule has 0 bridgehead atoms. The summed E-state index contributed by atoms with van der Waals surface area (Å²) in [6.45, 7) is -1.79. The number of halogens is 3. The predicted octanol–water partition coefficient (Wildman–Crippen LogP) is 4.58. The maximum Gasteiger partial charge on any atom is 0.737 e. The van der Waals surface area contributed by atoms with Gasteiger partial charge in [0.1, 0.15) is 12.0 Å². The first-order valence-corrected chi connectivity index (χ1v) is 9.76. The lowest BCUT2D eigenvalue weighted by Crippen LogP contribution is -2.50. The zero-order chi connectivity index (χ0) is 20.8. The molecule has 0 amide bonds. The molecule has 2 aromatic rings. The van der Waals surface area contributed by atoms with Gasteiger partial charge in [0.15, 0.2) is 5.70 Å². The van der Waals surface area contributed by atoms with Crippen LogP contribution in [0.5, 0.6) is 5.75 Å². The molecule has 0 unspecified atom stereocenters. The topological polar surface area (TPSA) is 43.2 Å². The van der Waals surface area contributed by atoms with Gasteiger partial charge in [0.25, 0.3) is 0 Å². The van der Waals surface area contributed by atoms with Crippen LogP contribution in [0.1, 0.15) is 28.9 Å². The number of rotatable bonds is 5. The Balaban J connectivity index is 1.87. The summed E-state index contributed by atoms with van der Waals surface area (Å²) in [4.78, 5) is 0. The van der Waals surface area contributed by atoms with E-state index in [-0.39, 0.29) is 0 Å². The molecule has 0 saturated carbocycles. The third-order valence-corrected chi connectivity index (χ3v) is 5.72. The number of nitrogens with zero attached hydrogens (tertiary/aromatic N) is 2. The highest BCUT2D eigenvalue weighted by molar-refractivity contribution is 6.58. The quantitative estimate of drug-likeness (QED) is 0.727. The zero-order valence-corrected chi connectivity index (χ0v) is 17.0. The Morgan fingerprint density at radius 2 is 2.10 bits per heavy atom. The van der Waals surface area contributed by atoms with E-state index in [0.29, 0.717) is 46.4 Å². The van der Waals surface area contributed by atoms with Crippen LogP contribution in [0.3, 0.4) is 0 Å². The number of hydrogen-bond donors (Lipinski definition) is 1. The summed E-state index contributed by atoms with van der Waals surface area (Å²) >= 11 is 6.35. The van der Waals surface area contributed by atoms with Crippen LogP contribution in [-0.4, -0.2) is 35.8 Å². The van der Waals surface area contributed by atoms with E-state index in [2.05, 4.69) is 0 Å². The fourth-order valence-electron chi connectivity index (χ4n) is 4.07. The summed E-state index contributed by atoms with van der Waals surface area (Å²) in [7, 11) is 1.54. The van der Waals surface area contributed by atoms with Gasteiger partial charge in [0.2, 0.25) is 0 Å². The first-order valence-electron chi connectivity index (χ1n) is 9.38. The molecule has 2 aliphatic rings. The number of allylic oxidation sites excluding steroid dienone is 2. The second kappa shape index (κ2) is 7.32. The largest absolute Gasteiger partial charge is 0.737 e. The summed E-state index contributed by atoms with van der Waals surface area (Å²) in [5.41, 5.74) is 9.59. The molecular weight excluding hydrogens is 395 g/mol. The fourth-order valence-corrected chi connectivity index (χ4v) is 4.34. The van der Waals surface area contributed by atoms with E-state index in [1.54, 1.807) is 42.5 Å². The number of aryl methyl sites for hydroxylation is 1. The third kappa shape index (κ3) is 3.05. The number of nitrogens with two attached hydrogens (primary N) is 1. The van der Waals surface area contributed by atoms with Crippen molar-refractivity contribution in [3.63, 3.8) is 0 Å². The van der Waals surface area contributed by atoms with Gasteiger partial charge in [0, 0.05) is 29.1 Å². The van der Waals surface area contributed by atoms with Crippen molar-refractivity contribution in [1.82, 2.24) is 4.48 Å². The molecule has 4 nitrogen and oxygen atoms in total. The number of benzene rings is 1. The highest BCUT2D eigenvalue weighted by atomic mass is 35.5. The number of fused-ring (bicyclic) bond motifs is 2. The molecule has 8 heteroatoms. The lowest BCUT2D eigenvalue weighted by molar-refractivity contribution is -0.356. The standard InChI is InChI=1S/C21H21BClF2N3O/c1-14-13-16(9-8-15-5-3-7-19(29-2)20(15)23)28-21(14)17(10-11-26)18-6-4-12-27(18)22(28,24)25/h3-9,12-13H,10-11,26H2,1-2H3. The van der Waals surface area contributed by atoms with Gasteiger partial charge in [-0.05, 0) is 49.2 Å². The van der Waals surface area contributed by atoms with E-state index in [9.17, 15) is 0 Å². The highest BCUT2D eigenvalue weighted by Gasteiger charge is 2.52. The van der Waals surface area contributed by atoms with Crippen molar-refractivity contribution >= 4 is 42.5 Å². The van der Waals surface area contributed by atoms with E-state index < -0.39 is 6.97 Å². The Morgan fingerprint density at radius 1 is 1.31 bits per heavy atom. The molecular formula is C21H21BClF2N3O. The van der Waals surface area contributed by atoms with Crippen LogP contribution in [0.4, 0.5) is 8.63 Å². The Hall–Kier alpha value is -2.64. The number of ether oxygens (including phenoxy) is 1. The molecule has 0 radical (unpaired) electrons. The van der Waals surface area contributed by atoms with Crippen LogP contribution in [0, 0.1) is 6.92 Å². The van der Waals surface area contributed by atoms with E-state index in [1.807, 2.05) is 13.0 Å². The zero-order valence-electron chi connectivity index (χ0n) is 16.2. The van der Waals surface area contributed by atoms with Crippen LogP contribution >= 0.6 is 11.6 Å². The first-order chi connectivity index (χ1) is 13.9. The van der Waals surface area contributed by atoms with Gasteiger partial charge in [-0.2, -0.15) is 0 Å². The molecule has 0 atom stereocenters. The van der Waals surface area contributed by atoms with Crippen LogP contribution in [0.25, 0.3) is 17.7 Å². The normalized spacial score (nSPS) is 17.0. The minimum absolute atomic E-state index is 0.383. The van der Waals surface area contributed by atoms with Crippen LogP contribution < -0.4 is 10.5 Å². The van der Waals surface area contributed by atoms with E-state index in [4.69, 9.17) is 22.1 Å². The average molecular weight is 416 g/mol. The lowest BCUT2D eigenvalue weighted by Gasteiger charge is -2.32. The third-order valence-electron chi connectivity index (χ3n) is 5.32. The summed E-state index contributed by atoms with van der Waals surface area (Å²) in [5, 5.41) is 0.439. The Morgan fingerprint density at radius 3 is 2.83 bits per heavy atom. The van der Waals surface area contributed by atoms with E-state index >= 15 is 8.63 Å². The van der Waals surface area contributed by atoms with Gasteiger partial charge >= 0.3 is 6.97 Å². The molecule has 0 spiro atoms. The van der Waals surface area contributed by atoms with Gasteiger partial charge in [-0.1, -0.05) is 29.8 Å². The molecule has 1 aromatic heterocycles. The molecule has 2 N–H and O–H groups in total. The molecule has 29 heavy (non-hydrogen) atoms. The minimum atomic E-state index is -4.02. The second-order valence-electron chi connectivity index (χ2n) is 7.07. The predicted molar refractivity (Wildman–Crippen MR) is 116 cm³/mol. The molecule has 0 saturated heterocycles. The number of hydrogen-bond acceptors (Lipinski definition) is 2. The smallest absolute Gasteiger partial charge is 0.495 e. The molecule has 4 rings (SSSR count). The molecule has 150 valence electrons.